The van der Waals surface area contributed by atoms with Crippen LogP contribution in [0.3, 0.4) is 0 Å². The predicted octanol–water partition coefficient (Wildman–Crippen LogP) is 4.50. The van der Waals surface area contributed by atoms with Gasteiger partial charge in [0.2, 0.25) is 5.89 Å². The molecule has 1 aliphatic heterocycles. The van der Waals surface area contributed by atoms with Crippen molar-refractivity contribution in [1.82, 2.24) is 15.1 Å². The Morgan fingerprint density at radius 2 is 2.07 bits per heavy atom. The number of methoxy groups -OCH3 is 2. The summed E-state index contributed by atoms with van der Waals surface area (Å²) in [4.78, 5) is 4.70. The van der Waals surface area contributed by atoms with E-state index in [1.165, 1.54) is 4.88 Å². The fraction of sp³-hybridized carbons (Fsp3) is 0.429. The monoisotopic (exact) mass is 399 g/mol. The van der Waals surface area contributed by atoms with Crippen molar-refractivity contribution in [3.05, 3.63) is 46.7 Å². The zero-order valence-electron chi connectivity index (χ0n) is 16.5. The molecular formula is C21H25N3O3S. The van der Waals surface area contributed by atoms with Crippen molar-refractivity contribution in [1.29, 1.82) is 0 Å². The molecule has 1 aromatic carbocycles. The Labute approximate surface area is 169 Å². The van der Waals surface area contributed by atoms with Crippen LogP contribution in [0.15, 0.2) is 34.7 Å². The molecule has 0 spiro atoms. The normalized spacial score (nSPS) is 17.6. The van der Waals surface area contributed by atoms with Crippen molar-refractivity contribution in [3.63, 3.8) is 0 Å². The van der Waals surface area contributed by atoms with E-state index in [-0.39, 0.29) is 5.92 Å². The van der Waals surface area contributed by atoms with Crippen LogP contribution in [0.1, 0.15) is 35.1 Å². The van der Waals surface area contributed by atoms with Crippen LogP contribution in [0.4, 0.5) is 0 Å². The summed E-state index contributed by atoms with van der Waals surface area (Å²) >= 11 is 1.68. The Hall–Kier alpha value is -2.38. The SMILES string of the molecule is COc1cccc(CN2CCCC(c3nnc(-c4ccc(C)s4)o3)C2)c1OC. The quantitative estimate of drug-likeness (QED) is 0.608. The van der Waals surface area contributed by atoms with E-state index in [1.807, 2.05) is 18.2 Å². The maximum absolute atomic E-state index is 6.02. The molecule has 3 aromatic rings. The van der Waals surface area contributed by atoms with Crippen molar-refractivity contribution in [2.24, 2.45) is 0 Å². The van der Waals surface area contributed by atoms with E-state index in [0.717, 1.165) is 60.3 Å². The lowest BCUT2D eigenvalue weighted by molar-refractivity contribution is 0.184. The maximum Gasteiger partial charge on any atom is 0.257 e. The number of piperidine rings is 1. The maximum atomic E-state index is 6.02. The minimum Gasteiger partial charge on any atom is -0.493 e. The highest BCUT2D eigenvalue weighted by molar-refractivity contribution is 7.15. The molecule has 1 unspecified atom stereocenters. The molecule has 1 saturated heterocycles. The first-order chi connectivity index (χ1) is 13.7. The second-order valence-corrected chi connectivity index (χ2v) is 8.37. The Morgan fingerprint density at radius 1 is 1.18 bits per heavy atom. The van der Waals surface area contributed by atoms with Gasteiger partial charge in [-0.3, -0.25) is 4.90 Å². The summed E-state index contributed by atoms with van der Waals surface area (Å²) in [6.07, 6.45) is 2.17. The fourth-order valence-electron chi connectivity index (χ4n) is 3.77. The molecule has 2 aromatic heterocycles. The Bertz CT molecular complexity index is 937. The number of likely N-dealkylation sites (tertiary alicyclic amines) is 1. The third-order valence-electron chi connectivity index (χ3n) is 5.12. The molecule has 7 heteroatoms. The van der Waals surface area contributed by atoms with Crippen LogP contribution in [0.5, 0.6) is 11.5 Å². The van der Waals surface area contributed by atoms with Crippen LogP contribution in [-0.4, -0.2) is 42.4 Å². The van der Waals surface area contributed by atoms with Gasteiger partial charge in [0.25, 0.3) is 5.89 Å². The minimum atomic E-state index is 0.257. The van der Waals surface area contributed by atoms with Gasteiger partial charge >= 0.3 is 0 Å². The number of para-hydroxylation sites is 1. The van der Waals surface area contributed by atoms with Crippen LogP contribution >= 0.6 is 11.3 Å². The smallest absolute Gasteiger partial charge is 0.257 e. The number of ether oxygens (including phenoxy) is 2. The third kappa shape index (κ3) is 3.91. The molecule has 0 radical (unpaired) electrons. The largest absolute Gasteiger partial charge is 0.493 e. The second kappa shape index (κ2) is 8.32. The summed E-state index contributed by atoms with van der Waals surface area (Å²) in [5.74, 6) is 3.19. The van der Waals surface area contributed by atoms with E-state index in [9.17, 15) is 0 Å². The first-order valence-electron chi connectivity index (χ1n) is 9.50. The van der Waals surface area contributed by atoms with Gasteiger partial charge in [-0.05, 0) is 44.5 Å². The number of hydrogen-bond donors (Lipinski definition) is 0. The van der Waals surface area contributed by atoms with Crippen LogP contribution in [0.2, 0.25) is 0 Å². The van der Waals surface area contributed by atoms with Gasteiger partial charge in [-0.15, -0.1) is 21.5 Å². The predicted molar refractivity (Wildman–Crippen MR) is 109 cm³/mol. The van der Waals surface area contributed by atoms with Crippen molar-refractivity contribution >= 4 is 11.3 Å². The second-order valence-electron chi connectivity index (χ2n) is 7.08. The van der Waals surface area contributed by atoms with Crippen LogP contribution in [-0.2, 0) is 6.54 Å². The van der Waals surface area contributed by atoms with E-state index >= 15 is 0 Å². The molecule has 3 heterocycles. The third-order valence-corrected chi connectivity index (χ3v) is 6.11. The fourth-order valence-corrected chi connectivity index (χ4v) is 4.56. The Kier molecular flexibility index (Phi) is 5.64. The number of hydrogen-bond acceptors (Lipinski definition) is 7. The van der Waals surface area contributed by atoms with Crippen LogP contribution in [0.25, 0.3) is 10.8 Å². The Balaban J connectivity index is 1.47. The summed E-state index contributed by atoms with van der Waals surface area (Å²) in [7, 11) is 3.35. The van der Waals surface area contributed by atoms with Crippen LogP contribution in [0, 0.1) is 6.92 Å². The topological polar surface area (TPSA) is 60.6 Å². The number of thiophene rings is 1. The van der Waals surface area contributed by atoms with Crippen LogP contribution < -0.4 is 9.47 Å². The van der Waals surface area contributed by atoms with E-state index in [2.05, 4.69) is 34.2 Å². The molecule has 0 aliphatic carbocycles. The van der Waals surface area contributed by atoms with Crippen molar-refractivity contribution in [2.75, 3.05) is 27.3 Å². The Morgan fingerprint density at radius 3 is 2.82 bits per heavy atom. The lowest BCUT2D eigenvalue weighted by Crippen LogP contribution is -2.34. The van der Waals surface area contributed by atoms with Gasteiger partial charge in [0, 0.05) is 23.5 Å². The number of benzene rings is 1. The molecular weight excluding hydrogens is 374 g/mol. The number of rotatable bonds is 6. The summed E-state index contributed by atoms with van der Waals surface area (Å²) in [6, 6.07) is 10.1. The minimum absolute atomic E-state index is 0.257. The molecule has 4 rings (SSSR count). The van der Waals surface area contributed by atoms with Gasteiger partial charge in [-0.2, -0.15) is 0 Å². The first kappa shape index (κ1) is 19.0. The molecule has 0 bridgehead atoms. The van der Waals surface area contributed by atoms with Gasteiger partial charge in [0.15, 0.2) is 11.5 Å². The lowest BCUT2D eigenvalue weighted by atomic mass is 9.97. The number of aryl methyl sites for hydroxylation is 1. The van der Waals surface area contributed by atoms with E-state index < -0.39 is 0 Å². The highest BCUT2D eigenvalue weighted by Crippen LogP contribution is 2.34. The highest BCUT2D eigenvalue weighted by Gasteiger charge is 2.27. The average Bonchev–Trinajstić information content (AvgIpc) is 3.37. The van der Waals surface area contributed by atoms with Crippen molar-refractivity contribution in [3.8, 4) is 22.3 Å². The van der Waals surface area contributed by atoms with Gasteiger partial charge < -0.3 is 13.9 Å². The molecule has 1 fully saturated rings. The van der Waals surface area contributed by atoms with E-state index in [0.29, 0.717) is 5.89 Å². The summed E-state index contributed by atoms with van der Waals surface area (Å²) < 4.78 is 17.0. The highest BCUT2D eigenvalue weighted by atomic mass is 32.1. The average molecular weight is 400 g/mol. The first-order valence-corrected chi connectivity index (χ1v) is 10.3. The van der Waals surface area contributed by atoms with Crippen molar-refractivity contribution in [2.45, 2.75) is 32.2 Å². The molecule has 148 valence electrons. The molecule has 0 saturated carbocycles. The lowest BCUT2D eigenvalue weighted by Gasteiger charge is -2.31. The van der Waals surface area contributed by atoms with Gasteiger partial charge in [0.05, 0.1) is 25.0 Å². The summed E-state index contributed by atoms with van der Waals surface area (Å²) in [5.41, 5.74) is 1.13. The van der Waals surface area contributed by atoms with E-state index in [4.69, 9.17) is 13.9 Å². The zero-order chi connectivity index (χ0) is 19.5. The molecule has 0 N–H and O–H groups in total. The van der Waals surface area contributed by atoms with E-state index in [1.54, 1.807) is 25.6 Å². The molecule has 0 amide bonds. The molecule has 28 heavy (non-hydrogen) atoms. The zero-order valence-corrected chi connectivity index (χ0v) is 17.3. The summed E-state index contributed by atoms with van der Waals surface area (Å²) in [6.45, 7) is 4.83. The van der Waals surface area contributed by atoms with Crippen molar-refractivity contribution < 1.29 is 13.9 Å². The number of nitrogens with zero attached hydrogens (tertiary/aromatic N) is 3. The van der Waals surface area contributed by atoms with Gasteiger partial charge in [-0.25, -0.2) is 0 Å². The summed E-state index contributed by atoms with van der Waals surface area (Å²) in [5, 5.41) is 8.62. The van der Waals surface area contributed by atoms with Gasteiger partial charge in [-0.1, -0.05) is 12.1 Å². The molecule has 1 atom stereocenters. The molecule has 1 aliphatic rings. The van der Waals surface area contributed by atoms with Gasteiger partial charge in [0.1, 0.15) is 0 Å². The standard InChI is InChI=1S/C21H25N3O3S/c1-14-9-10-18(28-14)21-23-22-20(27-21)16-7-5-11-24(13-16)12-15-6-4-8-17(25-2)19(15)26-3/h4,6,8-10,16H,5,7,11-13H2,1-3H3. The molecule has 6 nitrogen and oxygen atoms in total. The number of aromatic nitrogens is 2.